The van der Waals surface area contributed by atoms with Crippen LogP contribution in [0, 0.1) is 11.2 Å². The topological polar surface area (TPSA) is 97.5 Å². The number of aromatic amines is 1. The summed E-state index contributed by atoms with van der Waals surface area (Å²) in [7, 11) is 1.66. The third-order valence-corrected chi connectivity index (χ3v) is 6.94. The van der Waals surface area contributed by atoms with Crippen LogP contribution in [-0.2, 0) is 9.59 Å². The smallest absolute Gasteiger partial charge is 0.247 e. The number of nitrogens with one attached hydrogen (secondary N) is 3. The zero-order valence-corrected chi connectivity index (χ0v) is 21.5. The highest BCUT2D eigenvalue weighted by Crippen LogP contribution is 2.46. The molecule has 1 fully saturated rings. The number of carbonyl (C=O) groups is 2. The molecule has 0 bridgehead atoms. The highest BCUT2D eigenvalue weighted by Gasteiger charge is 2.48. The molecule has 7 nitrogen and oxygen atoms in total. The van der Waals surface area contributed by atoms with E-state index in [0.29, 0.717) is 6.54 Å². The van der Waals surface area contributed by atoms with Gasteiger partial charge in [-0.2, -0.15) is 0 Å². The van der Waals surface area contributed by atoms with E-state index in [1.54, 1.807) is 20.0 Å². The Morgan fingerprint density at radius 2 is 1.97 bits per heavy atom. The molecule has 8 heteroatoms. The zero-order valence-electron chi connectivity index (χ0n) is 21.5. The fourth-order valence-electron chi connectivity index (χ4n) is 4.98. The third-order valence-electron chi connectivity index (χ3n) is 6.94. The van der Waals surface area contributed by atoms with Crippen LogP contribution in [0.2, 0.25) is 0 Å². The molecular weight excluding hydrogens is 447 g/mol. The van der Waals surface area contributed by atoms with Gasteiger partial charge < -0.3 is 25.6 Å². The number of nitrogens with zero attached hydrogens (tertiary/aromatic N) is 1. The largest absolute Gasteiger partial charge is 0.394 e. The molecule has 198 valence electrons. The second kappa shape index (κ2) is 13.0. The van der Waals surface area contributed by atoms with E-state index in [9.17, 15) is 19.1 Å². The van der Waals surface area contributed by atoms with Gasteiger partial charge in [0.15, 0.2) is 0 Å². The fourth-order valence-corrected chi connectivity index (χ4v) is 4.98. The number of amides is 2. The van der Waals surface area contributed by atoms with Gasteiger partial charge in [-0.1, -0.05) is 42.0 Å². The number of hydrogen-bond acceptors (Lipinski definition) is 4. The van der Waals surface area contributed by atoms with Crippen molar-refractivity contribution in [2.45, 2.75) is 85.9 Å². The van der Waals surface area contributed by atoms with Crippen LogP contribution in [0.25, 0.3) is 10.9 Å². The number of likely N-dealkylation sites (tertiary alicyclic amines) is 1. The van der Waals surface area contributed by atoms with Gasteiger partial charge in [-0.3, -0.25) is 9.59 Å². The van der Waals surface area contributed by atoms with Crippen molar-refractivity contribution in [1.82, 2.24) is 20.5 Å². The molecule has 1 aliphatic heterocycles. The minimum atomic E-state index is -0.996. The van der Waals surface area contributed by atoms with Crippen molar-refractivity contribution in [2.75, 3.05) is 20.2 Å². The van der Waals surface area contributed by atoms with E-state index < -0.39 is 18.7 Å². The number of hydrogen-bond donors (Lipinski definition) is 4. The van der Waals surface area contributed by atoms with E-state index in [2.05, 4.69) is 36.4 Å². The highest BCUT2D eigenvalue weighted by atomic mass is 19.1. The number of carbonyl (C=O) groups excluding carboxylic acids is 2. The second-order valence-corrected chi connectivity index (χ2v) is 9.42. The Bertz CT molecular complexity index is 974. The summed E-state index contributed by atoms with van der Waals surface area (Å²) in [5.74, 6) is -0.888. The lowest BCUT2D eigenvalue weighted by atomic mass is 9.74. The molecule has 1 unspecified atom stereocenters. The summed E-state index contributed by atoms with van der Waals surface area (Å²) in [5, 5.41) is 16.4. The minimum Gasteiger partial charge on any atom is -0.394 e. The van der Waals surface area contributed by atoms with E-state index >= 15 is 0 Å². The Morgan fingerprint density at radius 3 is 2.54 bits per heavy atom. The second-order valence-electron chi connectivity index (χ2n) is 9.42. The maximum atomic E-state index is 13.7. The lowest BCUT2D eigenvalue weighted by Gasteiger charge is -2.40. The Hall–Kier alpha value is -2.45. The van der Waals surface area contributed by atoms with E-state index in [1.807, 2.05) is 24.9 Å². The number of halogens is 1. The van der Waals surface area contributed by atoms with E-state index in [1.165, 1.54) is 12.1 Å². The Labute approximate surface area is 209 Å². The number of H-pyrrole nitrogens is 1. The van der Waals surface area contributed by atoms with Crippen molar-refractivity contribution >= 4 is 22.7 Å². The lowest BCUT2D eigenvalue weighted by molar-refractivity contribution is -0.139. The molecule has 1 aromatic carbocycles. The lowest BCUT2D eigenvalue weighted by Crippen LogP contribution is -2.56. The van der Waals surface area contributed by atoms with Gasteiger partial charge in [0, 0.05) is 35.6 Å². The van der Waals surface area contributed by atoms with Crippen molar-refractivity contribution in [2.24, 2.45) is 5.41 Å². The predicted molar refractivity (Wildman–Crippen MR) is 141 cm³/mol. The average Bonchev–Trinajstić information content (AvgIpc) is 3.38. The molecule has 2 heterocycles. The SMILES string of the molecule is C.CC.CC[C@H](c1c[nH]c2cc(F)ccc12)C1N(C(=O)[C@H](CO)NC(=O)[C@H](C)NC)CCC1(C)C. The van der Waals surface area contributed by atoms with Crippen LogP contribution in [0.15, 0.2) is 24.4 Å². The number of fused-ring (bicyclic) bond motifs is 1. The summed E-state index contributed by atoms with van der Waals surface area (Å²) in [4.78, 5) is 30.8. The first-order valence-corrected chi connectivity index (χ1v) is 12.3. The van der Waals surface area contributed by atoms with Crippen LogP contribution in [-0.4, -0.2) is 65.1 Å². The van der Waals surface area contributed by atoms with E-state index in [4.69, 9.17) is 0 Å². The molecule has 1 aromatic heterocycles. The van der Waals surface area contributed by atoms with Crippen molar-refractivity contribution < 1.29 is 19.1 Å². The number of benzene rings is 1. The summed E-state index contributed by atoms with van der Waals surface area (Å²) < 4.78 is 13.7. The van der Waals surface area contributed by atoms with Crippen LogP contribution in [0.5, 0.6) is 0 Å². The number of rotatable bonds is 8. The summed E-state index contributed by atoms with van der Waals surface area (Å²) >= 11 is 0. The maximum absolute atomic E-state index is 13.7. The van der Waals surface area contributed by atoms with Gasteiger partial charge in [-0.05, 0) is 56.0 Å². The molecule has 3 rings (SSSR count). The minimum absolute atomic E-state index is 0. The highest BCUT2D eigenvalue weighted by molar-refractivity contribution is 5.90. The molecule has 1 saturated heterocycles. The fraction of sp³-hybridized carbons (Fsp3) is 0.630. The van der Waals surface area contributed by atoms with Crippen molar-refractivity contribution in [3.8, 4) is 0 Å². The Balaban J connectivity index is 0.00000199. The first-order chi connectivity index (χ1) is 16.1. The summed E-state index contributed by atoms with van der Waals surface area (Å²) in [6.07, 6.45) is 3.51. The van der Waals surface area contributed by atoms with Gasteiger partial charge >= 0.3 is 0 Å². The third kappa shape index (κ3) is 6.41. The summed E-state index contributed by atoms with van der Waals surface area (Å²) in [6.45, 7) is 12.2. The molecule has 0 saturated carbocycles. The molecule has 4 atom stereocenters. The predicted octanol–water partition coefficient (Wildman–Crippen LogP) is 4.18. The van der Waals surface area contributed by atoms with Crippen molar-refractivity contribution in [3.63, 3.8) is 0 Å². The average molecular weight is 493 g/mol. The van der Waals surface area contributed by atoms with Gasteiger partial charge in [-0.15, -0.1) is 0 Å². The molecule has 1 aliphatic rings. The van der Waals surface area contributed by atoms with Crippen LogP contribution in [0.4, 0.5) is 4.39 Å². The number of likely N-dealkylation sites (N-methyl/N-ethyl adjacent to an activating group) is 1. The van der Waals surface area contributed by atoms with E-state index in [0.717, 1.165) is 29.3 Å². The van der Waals surface area contributed by atoms with Gasteiger partial charge in [0.2, 0.25) is 11.8 Å². The van der Waals surface area contributed by atoms with Gasteiger partial charge in [-0.25, -0.2) is 4.39 Å². The van der Waals surface area contributed by atoms with E-state index in [-0.39, 0.29) is 42.4 Å². The zero-order chi connectivity index (χ0) is 25.6. The number of aliphatic hydroxyl groups is 1. The maximum Gasteiger partial charge on any atom is 0.247 e. The Morgan fingerprint density at radius 1 is 1.31 bits per heavy atom. The standard InChI is InChI=1S/C24H35FN4O3.C2H6.CH4/c1-6-16(18-12-27-19-11-15(25)7-8-17(18)19)21-24(3,4)9-10-29(21)23(32)20(13-30)28-22(31)14(2)26-5;1-2;/h7-8,11-12,14,16,20-21,26-27,30H,6,9-10,13H2,1-5H3,(H,28,31);1-2H3;1H4/t14-,16+,20-,21?;;/m0../s1. The normalized spacial score (nSPS) is 19.2. The molecule has 0 aliphatic carbocycles. The van der Waals surface area contributed by atoms with Crippen LogP contribution >= 0.6 is 0 Å². The summed E-state index contributed by atoms with van der Waals surface area (Å²) in [5.41, 5.74) is 1.62. The van der Waals surface area contributed by atoms with Crippen molar-refractivity contribution in [1.29, 1.82) is 0 Å². The summed E-state index contributed by atoms with van der Waals surface area (Å²) in [6, 6.07) is 3.12. The first-order valence-electron chi connectivity index (χ1n) is 12.3. The van der Waals surface area contributed by atoms with Crippen LogP contribution in [0.3, 0.4) is 0 Å². The molecule has 0 spiro atoms. The van der Waals surface area contributed by atoms with Gasteiger partial charge in [0.05, 0.1) is 12.6 Å². The molecular formula is C27H45FN4O3. The van der Waals surface area contributed by atoms with Gasteiger partial charge in [0.1, 0.15) is 11.9 Å². The number of aromatic nitrogens is 1. The molecule has 0 radical (unpaired) electrons. The molecule has 2 amide bonds. The molecule has 4 N–H and O–H groups in total. The number of aliphatic hydroxyl groups excluding tert-OH is 1. The first kappa shape index (κ1) is 30.6. The monoisotopic (exact) mass is 492 g/mol. The molecule has 35 heavy (non-hydrogen) atoms. The van der Waals surface area contributed by atoms with Crippen LogP contribution < -0.4 is 10.6 Å². The van der Waals surface area contributed by atoms with Crippen molar-refractivity contribution in [3.05, 3.63) is 35.8 Å². The molecule has 2 aromatic rings. The Kier molecular flexibility index (Phi) is 11.4. The quantitative estimate of drug-likeness (QED) is 0.445. The van der Waals surface area contributed by atoms with Crippen LogP contribution in [0.1, 0.15) is 73.3 Å². The van der Waals surface area contributed by atoms with Gasteiger partial charge in [0.25, 0.3) is 0 Å².